The van der Waals surface area contributed by atoms with Gasteiger partial charge in [-0.3, -0.25) is 9.59 Å². The summed E-state index contributed by atoms with van der Waals surface area (Å²) in [5, 5.41) is 0.0819. The Bertz CT molecular complexity index is 732. The average Bonchev–Trinajstić information content (AvgIpc) is 2.94. The summed E-state index contributed by atoms with van der Waals surface area (Å²) < 4.78 is 5.82. The Balaban J connectivity index is 1.67. The summed E-state index contributed by atoms with van der Waals surface area (Å²) in [4.78, 5) is 25.2. The molecule has 1 aliphatic heterocycles. The molecule has 1 atom stereocenters. The monoisotopic (exact) mass is 341 g/mol. The van der Waals surface area contributed by atoms with Gasteiger partial charge in [0.05, 0.1) is 0 Å². The Morgan fingerprint density at radius 3 is 2.75 bits per heavy atom. The average molecular weight is 341 g/mol. The highest BCUT2D eigenvalue weighted by molar-refractivity contribution is 8.14. The Hall–Kier alpha value is -2.27. The van der Waals surface area contributed by atoms with Crippen molar-refractivity contribution in [3.63, 3.8) is 0 Å². The summed E-state index contributed by atoms with van der Waals surface area (Å²) in [5.41, 5.74) is 1.91. The van der Waals surface area contributed by atoms with Crippen molar-refractivity contribution in [1.82, 2.24) is 0 Å². The minimum atomic E-state index is 0.0314. The molecule has 1 fully saturated rings. The van der Waals surface area contributed by atoms with Crippen LogP contribution in [0.25, 0.3) is 0 Å². The molecule has 1 saturated heterocycles. The molecule has 5 heteroatoms. The number of thioether (sulfide) groups is 1. The molecule has 0 N–H and O–H groups in total. The molecule has 0 aromatic heterocycles. The van der Waals surface area contributed by atoms with Gasteiger partial charge in [-0.1, -0.05) is 48.2 Å². The van der Waals surface area contributed by atoms with Crippen molar-refractivity contribution in [2.45, 2.75) is 25.2 Å². The summed E-state index contributed by atoms with van der Waals surface area (Å²) >= 11 is 1.24. The van der Waals surface area contributed by atoms with E-state index in [1.54, 1.807) is 4.90 Å². The van der Waals surface area contributed by atoms with E-state index in [0.29, 0.717) is 19.6 Å². The molecule has 0 aliphatic carbocycles. The fourth-order valence-corrected chi connectivity index (χ4v) is 3.64. The van der Waals surface area contributed by atoms with Crippen LogP contribution in [-0.4, -0.2) is 22.8 Å². The number of rotatable bonds is 5. The van der Waals surface area contributed by atoms with E-state index >= 15 is 0 Å². The fourth-order valence-electron chi connectivity index (χ4n) is 2.72. The van der Waals surface area contributed by atoms with Gasteiger partial charge in [0.2, 0.25) is 5.91 Å². The Morgan fingerprint density at radius 1 is 1.21 bits per heavy atom. The Morgan fingerprint density at radius 2 is 2.00 bits per heavy atom. The molecule has 4 nitrogen and oxygen atoms in total. The third-order valence-electron chi connectivity index (χ3n) is 3.80. The Kier molecular flexibility index (Phi) is 5.20. The standard InChI is InChI=1S/C19H19NO3S/c1-14(21)24-18-11-19(22)20(12-18)16-8-5-9-17(10-16)23-13-15-6-3-2-4-7-15/h2-10,18H,11-13H2,1H3. The van der Waals surface area contributed by atoms with Crippen molar-refractivity contribution >= 4 is 28.5 Å². The zero-order valence-corrected chi connectivity index (χ0v) is 14.3. The molecule has 124 valence electrons. The third kappa shape index (κ3) is 4.17. The maximum atomic E-state index is 12.2. The first kappa shape index (κ1) is 16.6. The predicted molar refractivity (Wildman–Crippen MR) is 96.2 cm³/mol. The lowest BCUT2D eigenvalue weighted by atomic mass is 10.2. The lowest BCUT2D eigenvalue weighted by Crippen LogP contribution is -2.24. The number of anilines is 1. The second kappa shape index (κ2) is 7.53. The van der Waals surface area contributed by atoms with Gasteiger partial charge in [-0.05, 0) is 17.7 Å². The minimum absolute atomic E-state index is 0.0314. The maximum Gasteiger partial charge on any atom is 0.228 e. The van der Waals surface area contributed by atoms with Crippen molar-refractivity contribution in [2.75, 3.05) is 11.4 Å². The highest BCUT2D eigenvalue weighted by atomic mass is 32.2. The van der Waals surface area contributed by atoms with E-state index < -0.39 is 0 Å². The number of carbonyl (C=O) groups excluding carboxylic acids is 2. The minimum Gasteiger partial charge on any atom is -0.489 e. The van der Waals surface area contributed by atoms with E-state index in [1.165, 1.54) is 18.7 Å². The molecule has 1 amide bonds. The summed E-state index contributed by atoms with van der Waals surface area (Å²) in [6.07, 6.45) is 0.402. The molecule has 0 spiro atoms. The summed E-state index contributed by atoms with van der Waals surface area (Å²) in [6, 6.07) is 17.5. The summed E-state index contributed by atoms with van der Waals surface area (Å²) in [5.74, 6) is 0.779. The molecule has 0 saturated carbocycles. The maximum absolute atomic E-state index is 12.2. The van der Waals surface area contributed by atoms with Gasteiger partial charge < -0.3 is 9.64 Å². The van der Waals surface area contributed by atoms with Crippen molar-refractivity contribution in [3.8, 4) is 5.75 Å². The van der Waals surface area contributed by atoms with Crippen LogP contribution in [0, 0.1) is 0 Å². The number of amides is 1. The van der Waals surface area contributed by atoms with Gasteiger partial charge in [-0.15, -0.1) is 0 Å². The molecule has 0 bridgehead atoms. The van der Waals surface area contributed by atoms with E-state index in [2.05, 4.69) is 0 Å². The van der Waals surface area contributed by atoms with Crippen LogP contribution in [0.2, 0.25) is 0 Å². The molecule has 2 aromatic carbocycles. The number of nitrogens with zero attached hydrogens (tertiary/aromatic N) is 1. The van der Waals surface area contributed by atoms with Gasteiger partial charge in [0.25, 0.3) is 0 Å². The lowest BCUT2D eigenvalue weighted by molar-refractivity contribution is -0.117. The Labute approximate surface area is 145 Å². The molecule has 1 aliphatic rings. The number of carbonyl (C=O) groups is 2. The van der Waals surface area contributed by atoms with E-state index in [9.17, 15) is 9.59 Å². The van der Waals surface area contributed by atoms with Gasteiger partial charge in [0, 0.05) is 36.9 Å². The van der Waals surface area contributed by atoms with Crippen LogP contribution in [-0.2, 0) is 16.2 Å². The number of benzene rings is 2. The highest BCUT2D eigenvalue weighted by Gasteiger charge is 2.31. The smallest absolute Gasteiger partial charge is 0.228 e. The van der Waals surface area contributed by atoms with Gasteiger partial charge >= 0.3 is 0 Å². The van der Waals surface area contributed by atoms with Crippen LogP contribution < -0.4 is 9.64 Å². The predicted octanol–water partition coefficient (Wildman–Crippen LogP) is 3.65. The summed E-state index contributed by atoms with van der Waals surface area (Å²) in [7, 11) is 0. The van der Waals surface area contributed by atoms with E-state index in [1.807, 2.05) is 54.6 Å². The first-order valence-corrected chi connectivity index (χ1v) is 8.74. The molecule has 24 heavy (non-hydrogen) atoms. The first-order valence-electron chi connectivity index (χ1n) is 7.86. The van der Waals surface area contributed by atoms with Crippen molar-refractivity contribution in [2.24, 2.45) is 0 Å². The molecule has 1 unspecified atom stereocenters. The zero-order valence-electron chi connectivity index (χ0n) is 13.5. The highest BCUT2D eigenvalue weighted by Crippen LogP contribution is 2.30. The quantitative estimate of drug-likeness (QED) is 0.833. The molecule has 2 aromatic rings. The van der Waals surface area contributed by atoms with Crippen LogP contribution in [0.4, 0.5) is 5.69 Å². The van der Waals surface area contributed by atoms with Crippen molar-refractivity contribution in [3.05, 3.63) is 60.2 Å². The van der Waals surface area contributed by atoms with Crippen LogP contribution in [0.15, 0.2) is 54.6 Å². The number of hydrogen-bond acceptors (Lipinski definition) is 4. The molecule has 0 radical (unpaired) electrons. The largest absolute Gasteiger partial charge is 0.489 e. The third-order valence-corrected chi connectivity index (χ3v) is 4.78. The SMILES string of the molecule is CC(=O)SC1CC(=O)N(c2cccc(OCc3ccccc3)c2)C1. The van der Waals surface area contributed by atoms with E-state index in [-0.39, 0.29) is 16.3 Å². The summed E-state index contributed by atoms with van der Waals surface area (Å²) in [6.45, 7) is 2.59. The van der Waals surface area contributed by atoms with Crippen LogP contribution in [0.1, 0.15) is 18.9 Å². The van der Waals surface area contributed by atoms with Crippen LogP contribution >= 0.6 is 11.8 Å². The molecule has 1 heterocycles. The zero-order chi connectivity index (χ0) is 16.9. The second-order valence-electron chi connectivity index (χ2n) is 5.71. The normalized spacial score (nSPS) is 17.1. The fraction of sp³-hybridized carbons (Fsp3) is 0.263. The first-order chi connectivity index (χ1) is 11.6. The topological polar surface area (TPSA) is 46.6 Å². The van der Waals surface area contributed by atoms with Gasteiger partial charge in [-0.2, -0.15) is 0 Å². The van der Waals surface area contributed by atoms with Gasteiger partial charge in [-0.25, -0.2) is 0 Å². The van der Waals surface area contributed by atoms with Crippen LogP contribution in [0.3, 0.4) is 0 Å². The van der Waals surface area contributed by atoms with Gasteiger partial charge in [0.1, 0.15) is 12.4 Å². The van der Waals surface area contributed by atoms with E-state index in [4.69, 9.17) is 4.74 Å². The molecular weight excluding hydrogens is 322 g/mol. The molecule has 3 rings (SSSR count). The number of ether oxygens (including phenoxy) is 1. The van der Waals surface area contributed by atoms with Crippen molar-refractivity contribution in [1.29, 1.82) is 0 Å². The molecular formula is C19H19NO3S. The lowest BCUT2D eigenvalue weighted by Gasteiger charge is -2.17. The van der Waals surface area contributed by atoms with Gasteiger partial charge in [0.15, 0.2) is 5.12 Å². The van der Waals surface area contributed by atoms with Crippen LogP contribution in [0.5, 0.6) is 5.75 Å². The second-order valence-corrected chi connectivity index (χ2v) is 7.19. The van der Waals surface area contributed by atoms with Crippen molar-refractivity contribution < 1.29 is 14.3 Å². The van der Waals surface area contributed by atoms with E-state index in [0.717, 1.165) is 17.0 Å². The number of hydrogen-bond donors (Lipinski definition) is 0.